The van der Waals surface area contributed by atoms with Crippen molar-refractivity contribution in [1.29, 1.82) is 0 Å². The lowest BCUT2D eigenvalue weighted by Crippen LogP contribution is -2.17. The van der Waals surface area contributed by atoms with Crippen LogP contribution in [0.4, 0.5) is 0 Å². The van der Waals surface area contributed by atoms with Crippen LogP contribution in [0.1, 0.15) is 116 Å². The predicted octanol–water partition coefficient (Wildman–Crippen LogP) is 12.4. The molecule has 0 fully saturated rings. The lowest BCUT2D eigenvalue weighted by atomic mass is 9.80. The molecule has 0 saturated carbocycles. The van der Waals surface area contributed by atoms with E-state index in [2.05, 4.69) is 132 Å². The van der Waals surface area contributed by atoms with Crippen molar-refractivity contribution in [3.05, 3.63) is 118 Å². The van der Waals surface area contributed by atoms with Gasteiger partial charge >= 0.3 is 0 Å². The van der Waals surface area contributed by atoms with Gasteiger partial charge in [0.2, 0.25) is 0 Å². The smallest absolute Gasteiger partial charge is 0.275 e. The zero-order valence-electron chi connectivity index (χ0n) is 30.4. The van der Waals surface area contributed by atoms with E-state index in [9.17, 15) is 0 Å². The van der Waals surface area contributed by atoms with Crippen molar-refractivity contribution >= 4 is 18.1 Å². The molecule has 2 unspecified atom stereocenters. The van der Waals surface area contributed by atoms with Crippen molar-refractivity contribution in [2.75, 3.05) is 0 Å². The van der Waals surface area contributed by atoms with Crippen molar-refractivity contribution in [1.82, 2.24) is 0 Å². The first-order valence-electron chi connectivity index (χ1n) is 16.5. The van der Waals surface area contributed by atoms with Crippen LogP contribution in [0.15, 0.2) is 84.9 Å². The van der Waals surface area contributed by atoms with E-state index in [1.165, 1.54) is 22.3 Å². The summed E-state index contributed by atoms with van der Waals surface area (Å²) in [6.45, 7) is 26.8. The highest BCUT2D eigenvalue weighted by Gasteiger charge is 2.25. The van der Waals surface area contributed by atoms with Gasteiger partial charge in [0.1, 0.15) is 23.0 Å². The van der Waals surface area contributed by atoms with E-state index < -0.39 is 0 Å². The van der Waals surface area contributed by atoms with Crippen LogP contribution < -0.4 is 18.1 Å². The number of hydrogen-bond donors (Lipinski definition) is 0. The highest BCUT2D eigenvalue weighted by atomic mass is 31.1. The Morgan fingerprint density at radius 1 is 0.404 bits per heavy atom. The SMILES string of the molecule is CC(C)(C)c1ccc(OPOc2ccccc2Cc2ccccc2OPOc2ccc(C(C)(C)C)cc2C(C)(C)C)c(C(C)(C)C)c1. The third kappa shape index (κ3) is 9.98. The zero-order chi connectivity index (χ0) is 34.6. The van der Waals surface area contributed by atoms with Crippen LogP contribution in [-0.4, -0.2) is 0 Å². The molecule has 0 radical (unpaired) electrons. The molecule has 6 heteroatoms. The normalized spacial score (nSPS) is 13.0. The van der Waals surface area contributed by atoms with Gasteiger partial charge in [-0.2, -0.15) is 0 Å². The van der Waals surface area contributed by atoms with Crippen LogP contribution in [0.3, 0.4) is 0 Å². The average Bonchev–Trinajstić information content (AvgIpc) is 2.97. The van der Waals surface area contributed by atoms with Gasteiger partial charge in [-0.3, -0.25) is 0 Å². The topological polar surface area (TPSA) is 36.9 Å². The molecule has 0 spiro atoms. The maximum Gasteiger partial charge on any atom is 0.275 e. The monoisotopic (exact) mass is 672 g/mol. The van der Waals surface area contributed by atoms with Crippen LogP contribution >= 0.6 is 18.1 Å². The summed E-state index contributed by atoms with van der Waals surface area (Å²) in [6.07, 6.45) is 0.655. The maximum atomic E-state index is 6.28. The lowest BCUT2D eigenvalue weighted by Gasteiger charge is -2.27. The third-order valence-corrected chi connectivity index (χ3v) is 9.45. The summed E-state index contributed by atoms with van der Waals surface area (Å²) in [6, 6.07) is 29.3. The summed E-state index contributed by atoms with van der Waals surface area (Å²) in [5.74, 6) is 3.33. The van der Waals surface area contributed by atoms with E-state index in [0.29, 0.717) is 6.42 Å². The Morgan fingerprint density at radius 2 is 0.745 bits per heavy atom. The molecule has 252 valence electrons. The molecule has 4 nitrogen and oxygen atoms in total. The maximum absolute atomic E-state index is 6.28. The molecule has 4 rings (SSSR count). The quantitative estimate of drug-likeness (QED) is 0.157. The molecule has 0 heterocycles. The Morgan fingerprint density at radius 3 is 1.09 bits per heavy atom. The number of para-hydroxylation sites is 2. The molecule has 0 bridgehead atoms. The Labute approximate surface area is 287 Å². The highest BCUT2D eigenvalue weighted by Crippen LogP contribution is 2.41. The van der Waals surface area contributed by atoms with Crippen molar-refractivity contribution in [2.24, 2.45) is 0 Å². The molecular weight excluding hydrogens is 618 g/mol. The van der Waals surface area contributed by atoms with E-state index in [1.54, 1.807) is 0 Å². The zero-order valence-corrected chi connectivity index (χ0v) is 32.4. The van der Waals surface area contributed by atoms with Gasteiger partial charge in [0.15, 0.2) is 0 Å². The highest BCUT2D eigenvalue weighted by molar-refractivity contribution is 7.27. The molecule has 4 aromatic carbocycles. The second kappa shape index (κ2) is 14.6. The first-order chi connectivity index (χ1) is 21.8. The van der Waals surface area contributed by atoms with Crippen molar-refractivity contribution in [3.8, 4) is 23.0 Å². The van der Waals surface area contributed by atoms with Gasteiger partial charge in [0.05, 0.1) is 0 Å². The molecule has 0 aliphatic carbocycles. The fourth-order valence-electron chi connectivity index (χ4n) is 5.27. The second-order valence-corrected chi connectivity index (χ2v) is 17.5. The predicted molar refractivity (Wildman–Crippen MR) is 203 cm³/mol. The van der Waals surface area contributed by atoms with Crippen LogP contribution in [-0.2, 0) is 28.1 Å². The summed E-state index contributed by atoms with van der Waals surface area (Å²) in [5.41, 5.74) is 7.10. The average molecular weight is 673 g/mol. The third-order valence-electron chi connectivity index (χ3n) is 8.24. The summed E-state index contributed by atoms with van der Waals surface area (Å²) < 4.78 is 25.1. The van der Waals surface area contributed by atoms with Crippen molar-refractivity contribution < 1.29 is 18.1 Å². The number of hydrogen-bond acceptors (Lipinski definition) is 4. The standard InChI is InChI=1S/C41H54O4P2/c1-38(2,3)30-21-23-36(32(26-30)40(7,8)9)44-46-42-34-19-15-13-17-28(34)25-29-18-14-16-20-35(29)43-47-45-37-24-22-31(39(4,5)6)27-33(37)41(10,11)12/h13-24,26-27,46-47H,25H2,1-12H3. The summed E-state index contributed by atoms with van der Waals surface area (Å²) >= 11 is 0. The van der Waals surface area contributed by atoms with Crippen LogP contribution in [0, 0.1) is 0 Å². The van der Waals surface area contributed by atoms with Gasteiger partial charge in [-0.05, 0) is 68.2 Å². The molecule has 0 amide bonds. The Kier molecular flexibility index (Phi) is 11.4. The molecule has 47 heavy (non-hydrogen) atoms. The van der Waals surface area contributed by atoms with Crippen LogP contribution in [0.5, 0.6) is 23.0 Å². The van der Waals surface area contributed by atoms with Gasteiger partial charge in [-0.25, -0.2) is 0 Å². The van der Waals surface area contributed by atoms with Crippen LogP contribution in [0.25, 0.3) is 0 Å². The minimum Gasteiger partial charge on any atom is -0.440 e. The largest absolute Gasteiger partial charge is 0.440 e. The molecule has 2 atom stereocenters. The van der Waals surface area contributed by atoms with E-state index in [1.807, 2.05) is 36.4 Å². The fraction of sp³-hybridized carbons (Fsp3) is 0.415. The molecule has 0 aromatic heterocycles. The minimum absolute atomic E-state index is 0.0583. The molecular formula is C41H54O4P2. The van der Waals surface area contributed by atoms with E-state index >= 15 is 0 Å². The van der Waals surface area contributed by atoms with Crippen molar-refractivity contribution in [2.45, 2.75) is 111 Å². The first-order valence-corrected chi connectivity index (χ1v) is 18.1. The van der Waals surface area contributed by atoms with Crippen molar-refractivity contribution in [3.63, 3.8) is 0 Å². The van der Waals surface area contributed by atoms with Crippen LogP contribution in [0.2, 0.25) is 0 Å². The fourth-order valence-corrected chi connectivity index (χ4v) is 6.47. The van der Waals surface area contributed by atoms with Gasteiger partial charge in [0, 0.05) is 17.5 Å². The molecule has 0 aliphatic heterocycles. The van der Waals surface area contributed by atoms with Gasteiger partial charge in [-0.15, -0.1) is 0 Å². The lowest BCUT2D eigenvalue weighted by molar-refractivity contribution is 0.487. The number of benzene rings is 4. The van der Waals surface area contributed by atoms with E-state index in [-0.39, 0.29) is 39.7 Å². The molecule has 0 saturated heterocycles. The summed E-state index contributed by atoms with van der Waals surface area (Å²) in [4.78, 5) is 0. The number of rotatable bonds is 10. The molecule has 4 aromatic rings. The molecule has 0 aliphatic rings. The van der Waals surface area contributed by atoms with Gasteiger partial charge in [-0.1, -0.05) is 144 Å². The van der Waals surface area contributed by atoms with Gasteiger partial charge in [0.25, 0.3) is 18.1 Å². The Bertz CT molecular complexity index is 1530. The summed E-state index contributed by atoms with van der Waals surface area (Å²) in [7, 11) is -0.353. The van der Waals surface area contributed by atoms with E-state index in [4.69, 9.17) is 18.1 Å². The second-order valence-electron chi connectivity index (χ2n) is 16.4. The van der Waals surface area contributed by atoms with E-state index in [0.717, 1.165) is 34.1 Å². The summed E-state index contributed by atoms with van der Waals surface area (Å²) in [5, 5.41) is 0. The Hall–Kier alpha value is -3.06. The molecule has 0 N–H and O–H groups in total. The van der Waals surface area contributed by atoms with Gasteiger partial charge < -0.3 is 18.1 Å². The Balaban J connectivity index is 1.46. The first kappa shape index (κ1) is 36.8. The minimum atomic E-state index is -0.176.